The van der Waals surface area contributed by atoms with Crippen molar-refractivity contribution in [1.82, 2.24) is 9.88 Å². The van der Waals surface area contributed by atoms with Gasteiger partial charge in [0.05, 0.1) is 19.3 Å². The lowest BCUT2D eigenvalue weighted by Crippen LogP contribution is -2.35. The van der Waals surface area contributed by atoms with E-state index in [0.717, 1.165) is 19.8 Å². The van der Waals surface area contributed by atoms with Crippen LogP contribution in [0.15, 0.2) is 18.3 Å². The van der Waals surface area contributed by atoms with Gasteiger partial charge in [-0.25, -0.2) is 0 Å². The Morgan fingerprint density at radius 1 is 1.67 bits per heavy atom. The zero-order chi connectivity index (χ0) is 8.39. The van der Waals surface area contributed by atoms with Crippen LogP contribution >= 0.6 is 0 Å². The molecule has 0 amide bonds. The van der Waals surface area contributed by atoms with Crippen LogP contribution in [0, 0.1) is 0 Å². The second-order valence-corrected chi connectivity index (χ2v) is 3.13. The molecule has 2 rings (SSSR count). The number of nitrogens with one attached hydrogen (secondary N) is 1. The quantitative estimate of drug-likeness (QED) is 0.664. The zero-order valence-electron chi connectivity index (χ0n) is 7.29. The Bertz CT molecular complexity index is 251. The van der Waals surface area contributed by atoms with Gasteiger partial charge >= 0.3 is 0 Å². The van der Waals surface area contributed by atoms with Gasteiger partial charge in [0.15, 0.2) is 0 Å². The molecular weight excluding hydrogens is 152 g/mol. The van der Waals surface area contributed by atoms with E-state index in [0.29, 0.717) is 6.04 Å². The number of hydrogen-bond acceptors (Lipinski definition) is 2. The molecule has 3 heteroatoms. The molecule has 1 fully saturated rings. The Kier molecular flexibility index (Phi) is 2.15. The van der Waals surface area contributed by atoms with Gasteiger partial charge in [0.1, 0.15) is 0 Å². The molecular formula is C9H14N2O. The van der Waals surface area contributed by atoms with E-state index in [-0.39, 0.29) is 0 Å². The lowest BCUT2D eigenvalue weighted by Gasteiger charge is -2.24. The van der Waals surface area contributed by atoms with Crippen LogP contribution in [0.1, 0.15) is 11.7 Å². The van der Waals surface area contributed by atoms with Gasteiger partial charge in [-0.15, -0.1) is 0 Å². The maximum atomic E-state index is 5.39. The van der Waals surface area contributed by atoms with Crippen molar-refractivity contribution in [3.8, 4) is 0 Å². The van der Waals surface area contributed by atoms with E-state index in [1.54, 1.807) is 0 Å². The summed E-state index contributed by atoms with van der Waals surface area (Å²) in [5.74, 6) is 0. The van der Waals surface area contributed by atoms with Crippen LogP contribution in [0.3, 0.4) is 0 Å². The molecule has 12 heavy (non-hydrogen) atoms. The van der Waals surface area contributed by atoms with Crippen molar-refractivity contribution >= 4 is 0 Å². The molecule has 0 unspecified atom stereocenters. The first-order valence-corrected chi connectivity index (χ1v) is 4.30. The van der Waals surface area contributed by atoms with Gasteiger partial charge in [-0.3, -0.25) is 0 Å². The Morgan fingerprint density at radius 2 is 2.58 bits per heavy atom. The van der Waals surface area contributed by atoms with Gasteiger partial charge in [-0.2, -0.15) is 0 Å². The molecule has 0 aliphatic carbocycles. The van der Waals surface area contributed by atoms with Gasteiger partial charge < -0.3 is 14.6 Å². The van der Waals surface area contributed by atoms with Gasteiger partial charge in [-0.05, 0) is 12.1 Å². The highest BCUT2D eigenvalue weighted by Crippen LogP contribution is 2.14. The predicted molar refractivity (Wildman–Crippen MR) is 47.0 cm³/mol. The summed E-state index contributed by atoms with van der Waals surface area (Å²) in [7, 11) is 2.06. The summed E-state index contributed by atoms with van der Waals surface area (Å²) in [5.41, 5.74) is 1.30. The molecule has 1 atom stereocenters. The smallest absolute Gasteiger partial charge is 0.0713 e. The Hall–Kier alpha value is -0.800. The third-order valence-electron chi connectivity index (χ3n) is 2.26. The van der Waals surface area contributed by atoms with Gasteiger partial charge in [0.2, 0.25) is 0 Å². The predicted octanol–water partition coefficient (Wildman–Crippen LogP) is 0.686. The summed E-state index contributed by atoms with van der Waals surface area (Å²) >= 11 is 0. The first kappa shape index (κ1) is 7.83. The molecule has 3 nitrogen and oxygen atoms in total. The molecule has 0 aromatic carbocycles. The zero-order valence-corrected chi connectivity index (χ0v) is 7.29. The molecule has 1 saturated heterocycles. The first-order chi connectivity index (χ1) is 5.88. The highest BCUT2D eigenvalue weighted by atomic mass is 16.5. The number of ether oxygens (including phenoxy) is 1. The first-order valence-electron chi connectivity index (χ1n) is 4.30. The fourth-order valence-electron chi connectivity index (χ4n) is 1.59. The van der Waals surface area contributed by atoms with E-state index in [9.17, 15) is 0 Å². The summed E-state index contributed by atoms with van der Waals surface area (Å²) in [6.07, 6.45) is 2.06. The van der Waals surface area contributed by atoms with Crippen LogP contribution in [0.25, 0.3) is 0 Å². The number of rotatable bonds is 1. The summed E-state index contributed by atoms with van der Waals surface area (Å²) in [4.78, 5) is 0. The van der Waals surface area contributed by atoms with Gasteiger partial charge in [0, 0.05) is 25.5 Å². The highest BCUT2D eigenvalue weighted by Gasteiger charge is 2.16. The number of aryl methyl sites for hydroxylation is 1. The topological polar surface area (TPSA) is 26.2 Å². The third kappa shape index (κ3) is 1.38. The summed E-state index contributed by atoms with van der Waals surface area (Å²) in [6, 6.07) is 4.57. The molecule has 0 spiro atoms. The lowest BCUT2D eigenvalue weighted by molar-refractivity contribution is 0.0747. The minimum absolute atomic E-state index is 0.374. The fourth-order valence-corrected chi connectivity index (χ4v) is 1.59. The molecule has 0 bridgehead atoms. The van der Waals surface area contributed by atoms with Crippen molar-refractivity contribution in [3.63, 3.8) is 0 Å². The van der Waals surface area contributed by atoms with Gasteiger partial charge in [0.25, 0.3) is 0 Å². The van der Waals surface area contributed by atoms with Gasteiger partial charge in [-0.1, -0.05) is 0 Å². The molecule has 66 valence electrons. The second-order valence-electron chi connectivity index (χ2n) is 3.13. The van der Waals surface area contributed by atoms with Crippen molar-refractivity contribution in [1.29, 1.82) is 0 Å². The molecule has 1 aromatic heterocycles. The Labute approximate surface area is 72.3 Å². The summed E-state index contributed by atoms with van der Waals surface area (Å²) in [6.45, 7) is 2.58. The van der Waals surface area contributed by atoms with Crippen molar-refractivity contribution in [2.45, 2.75) is 6.04 Å². The molecule has 0 radical (unpaired) electrons. The average molecular weight is 166 g/mol. The molecule has 0 saturated carbocycles. The van der Waals surface area contributed by atoms with E-state index >= 15 is 0 Å². The molecule has 1 N–H and O–H groups in total. The minimum Gasteiger partial charge on any atom is -0.378 e. The van der Waals surface area contributed by atoms with E-state index in [1.807, 2.05) is 0 Å². The number of morpholine rings is 1. The van der Waals surface area contributed by atoms with Crippen LogP contribution < -0.4 is 5.32 Å². The van der Waals surface area contributed by atoms with Crippen LogP contribution in [-0.4, -0.2) is 24.3 Å². The van der Waals surface area contributed by atoms with E-state index in [4.69, 9.17) is 4.74 Å². The monoisotopic (exact) mass is 166 g/mol. The molecule has 2 heterocycles. The molecule has 1 aromatic rings. The van der Waals surface area contributed by atoms with Crippen molar-refractivity contribution in [2.24, 2.45) is 7.05 Å². The number of aromatic nitrogens is 1. The molecule has 1 aliphatic rings. The number of nitrogens with zero attached hydrogens (tertiary/aromatic N) is 1. The lowest BCUT2D eigenvalue weighted by atomic mass is 10.2. The Balaban J connectivity index is 2.13. The fraction of sp³-hybridized carbons (Fsp3) is 0.556. The summed E-state index contributed by atoms with van der Waals surface area (Å²) in [5, 5.41) is 3.42. The van der Waals surface area contributed by atoms with Crippen molar-refractivity contribution in [3.05, 3.63) is 24.0 Å². The maximum absolute atomic E-state index is 5.39. The Morgan fingerprint density at radius 3 is 3.17 bits per heavy atom. The van der Waals surface area contributed by atoms with Crippen LogP contribution in [-0.2, 0) is 11.8 Å². The largest absolute Gasteiger partial charge is 0.378 e. The highest BCUT2D eigenvalue weighted by molar-refractivity contribution is 5.12. The normalized spacial score (nSPS) is 24.2. The summed E-state index contributed by atoms with van der Waals surface area (Å²) < 4.78 is 7.52. The average Bonchev–Trinajstić information content (AvgIpc) is 2.53. The SMILES string of the molecule is Cn1cccc1[C@H]1COCCN1. The second kappa shape index (κ2) is 3.29. The van der Waals surface area contributed by atoms with E-state index in [2.05, 4.69) is 35.3 Å². The van der Waals surface area contributed by atoms with Crippen molar-refractivity contribution in [2.75, 3.05) is 19.8 Å². The molecule has 1 aliphatic heterocycles. The van der Waals surface area contributed by atoms with E-state index in [1.165, 1.54) is 5.69 Å². The minimum atomic E-state index is 0.374. The maximum Gasteiger partial charge on any atom is 0.0713 e. The van der Waals surface area contributed by atoms with Crippen LogP contribution in [0.5, 0.6) is 0 Å². The van der Waals surface area contributed by atoms with Crippen molar-refractivity contribution < 1.29 is 4.74 Å². The standard InChI is InChI=1S/C9H14N2O/c1-11-5-2-3-9(11)8-7-12-6-4-10-8/h2-3,5,8,10H,4,6-7H2,1H3/t8-/m1/s1. The van der Waals surface area contributed by atoms with Crippen LogP contribution in [0.4, 0.5) is 0 Å². The van der Waals surface area contributed by atoms with Crippen LogP contribution in [0.2, 0.25) is 0 Å². The number of hydrogen-bond donors (Lipinski definition) is 1. The third-order valence-corrected chi connectivity index (χ3v) is 2.26. The van der Waals surface area contributed by atoms with E-state index < -0.39 is 0 Å².